The zero-order chi connectivity index (χ0) is 10.8. The van der Waals surface area contributed by atoms with Gasteiger partial charge in [-0.25, -0.2) is 0 Å². The average Bonchev–Trinajstić information content (AvgIpc) is 2.15. The maximum Gasteiger partial charge on any atom is 0.320 e. The Morgan fingerprint density at radius 1 is 1.36 bits per heavy atom. The summed E-state index contributed by atoms with van der Waals surface area (Å²) in [5.74, 6) is -0.222. The van der Waals surface area contributed by atoms with Gasteiger partial charge in [-0.1, -0.05) is 6.92 Å². The molecule has 0 N–H and O–H groups in total. The van der Waals surface area contributed by atoms with Crippen molar-refractivity contribution in [3.8, 4) is 0 Å². The van der Waals surface area contributed by atoms with E-state index in [1.807, 2.05) is 11.8 Å². The molecule has 0 amide bonds. The van der Waals surface area contributed by atoms with Crippen LogP contribution in [-0.4, -0.2) is 43.8 Å². The molecular weight excluding hydrogens is 185 g/mol. The summed E-state index contributed by atoms with van der Waals surface area (Å²) in [4.78, 5) is 13.1. The molecule has 0 saturated heterocycles. The lowest BCUT2D eigenvalue weighted by molar-refractivity contribution is -0.144. The Balaban J connectivity index is 3.75. The van der Waals surface area contributed by atoms with Gasteiger partial charge in [-0.15, -0.1) is 0 Å². The van der Waals surface area contributed by atoms with Crippen LogP contribution in [0.2, 0.25) is 0 Å². The molecule has 0 atom stereocenters. The summed E-state index contributed by atoms with van der Waals surface area (Å²) >= 11 is 0. The minimum atomic E-state index is -0.330. The largest absolute Gasteiger partial charge is 0.465 e. The van der Waals surface area contributed by atoms with Crippen molar-refractivity contribution in [1.82, 2.24) is 4.90 Å². The van der Waals surface area contributed by atoms with Gasteiger partial charge in [0.1, 0.15) is 0 Å². The molecular formula is C10H20FNO2. The number of nitrogens with zero attached hydrogens (tertiary/aromatic N) is 1. The first-order valence-electron chi connectivity index (χ1n) is 5.18. The Hall–Kier alpha value is -0.640. The molecule has 0 aliphatic heterocycles. The standard InChI is InChI=1S/C10H20FNO2/c1-3-7-12(8-5-6-11)9-10(13)14-4-2/h3-9H2,1-2H3. The van der Waals surface area contributed by atoms with Crippen molar-refractivity contribution in [3.63, 3.8) is 0 Å². The molecule has 0 saturated carbocycles. The van der Waals surface area contributed by atoms with E-state index >= 15 is 0 Å². The first-order valence-corrected chi connectivity index (χ1v) is 5.18. The van der Waals surface area contributed by atoms with E-state index in [9.17, 15) is 9.18 Å². The molecule has 0 aliphatic carbocycles. The van der Waals surface area contributed by atoms with Gasteiger partial charge in [0.15, 0.2) is 0 Å². The van der Waals surface area contributed by atoms with E-state index in [-0.39, 0.29) is 19.2 Å². The summed E-state index contributed by atoms with van der Waals surface area (Å²) in [6, 6.07) is 0. The van der Waals surface area contributed by atoms with Crippen molar-refractivity contribution in [3.05, 3.63) is 0 Å². The Morgan fingerprint density at radius 3 is 2.57 bits per heavy atom. The van der Waals surface area contributed by atoms with Crippen LogP contribution in [0, 0.1) is 0 Å². The molecule has 0 rings (SSSR count). The second kappa shape index (κ2) is 8.94. The van der Waals surface area contributed by atoms with E-state index < -0.39 is 0 Å². The molecule has 0 heterocycles. The highest BCUT2D eigenvalue weighted by molar-refractivity contribution is 5.71. The third-order valence-corrected chi connectivity index (χ3v) is 1.81. The highest BCUT2D eigenvalue weighted by Gasteiger charge is 2.09. The van der Waals surface area contributed by atoms with Crippen LogP contribution in [0.25, 0.3) is 0 Å². The lowest BCUT2D eigenvalue weighted by Gasteiger charge is -2.19. The molecule has 0 bridgehead atoms. The van der Waals surface area contributed by atoms with Crippen LogP contribution < -0.4 is 0 Å². The summed E-state index contributed by atoms with van der Waals surface area (Å²) in [6.45, 7) is 5.62. The molecule has 0 fully saturated rings. The lowest BCUT2D eigenvalue weighted by Crippen LogP contribution is -2.32. The number of esters is 1. The van der Waals surface area contributed by atoms with Gasteiger partial charge in [0.25, 0.3) is 0 Å². The number of alkyl halides is 1. The minimum absolute atomic E-state index is 0.222. The van der Waals surface area contributed by atoms with Crippen LogP contribution in [0.5, 0.6) is 0 Å². The van der Waals surface area contributed by atoms with Gasteiger partial charge >= 0.3 is 5.97 Å². The molecule has 3 nitrogen and oxygen atoms in total. The number of hydrogen-bond acceptors (Lipinski definition) is 3. The van der Waals surface area contributed by atoms with Gasteiger partial charge in [0, 0.05) is 6.54 Å². The smallest absolute Gasteiger partial charge is 0.320 e. The zero-order valence-electron chi connectivity index (χ0n) is 9.09. The molecule has 84 valence electrons. The second-order valence-corrected chi connectivity index (χ2v) is 3.12. The molecule has 14 heavy (non-hydrogen) atoms. The highest BCUT2D eigenvalue weighted by Crippen LogP contribution is 1.95. The van der Waals surface area contributed by atoms with Crippen molar-refractivity contribution >= 4 is 5.97 Å². The molecule has 0 aromatic rings. The van der Waals surface area contributed by atoms with E-state index in [1.54, 1.807) is 6.92 Å². The molecule has 0 aromatic carbocycles. The summed E-state index contributed by atoms with van der Waals surface area (Å²) in [6.07, 6.45) is 1.45. The number of rotatable bonds is 8. The van der Waals surface area contributed by atoms with Crippen molar-refractivity contribution in [1.29, 1.82) is 0 Å². The second-order valence-electron chi connectivity index (χ2n) is 3.12. The third kappa shape index (κ3) is 6.83. The van der Waals surface area contributed by atoms with Crippen LogP contribution in [0.4, 0.5) is 4.39 Å². The molecule has 4 heteroatoms. The third-order valence-electron chi connectivity index (χ3n) is 1.81. The van der Waals surface area contributed by atoms with Crippen LogP contribution in [0.3, 0.4) is 0 Å². The van der Waals surface area contributed by atoms with E-state index in [1.165, 1.54) is 0 Å². The predicted molar refractivity (Wildman–Crippen MR) is 54.0 cm³/mol. The fraction of sp³-hybridized carbons (Fsp3) is 0.900. The van der Waals surface area contributed by atoms with Gasteiger partial charge in [-0.2, -0.15) is 0 Å². The van der Waals surface area contributed by atoms with E-state index in [0.29, 0.717) is 19.6 Å². The molecule has 0 spiro atoms. The quantitative estimate of drug-likeness (QED) is 0.564. The van der Waals surface area contributed by atoms with E-state index in [0.717, 1.165) is 13.0 Å². The highest BCUT2D eigenvalue weighted by atomic mass is 19.1. The average molecular weight is 205 g/mol. The first kappa shape index (κ1) is 13.4. The summed E-state index contributed by atoms with van der Waals surface area (Å²) in [5.41, 5.74) is 0. The predicted octanol–water partition coefficient (Wildman–Crippen LogP) is 1.62. The Labute approximate surface area is 85.2 Å². The summed E-state index contributed by atoms with van der Waals surface area (Å²) < 4.78 is 16.8. The fourth-order valence-corrected chi connectivity index (χ4v) is 1.26. The van der Waals surface area contributed by atoms with Crippen molar-refractivity contribution in [2.45, 2.75) is 26.7 Å². The number of carbonyl (C=O) groups excluding carboxylic acids is 1. The van der Waals surface area contributed by atoms with Crippen LogP contribution in [0.1, 0.15) is 26.7 Å². The van der Waals surface area contributed by atoms with E-state index in [2.05, 4.69) is 0 Å². The van der Waals surface area contributed by atoms with Crippen molar-refractivity contribution in [2.24, 2.45) is 0 Å². The summed E-state index contributed by atoms with van der Waals surface area (Å²) in [5, 5.41) is 0. The zero-order valence-corrected chi connectivity index (χ0v) is 9.09. The number of carbonyl (C=O) groups is 1. The monoisotopic (exact) mass is 205 g/mol. The maximum absolute atomic E-state index is 11.9. The fourth-order valence-electron chi connectivity index (χ4n) is 1.26. The maximum atomic E-state index is 11.9. The minimum Gasteiger partial charge on any atom is -0.465 e. The first-order chi connectivity index (χ1) is 6.74. The van der Waals surface area contributed by atoms with Gasteiger partial charge < -0.3 is 4.74 Å². The lowest BCUT2D eigenvalue weighted by atomic mass is 10.3. The van der Waals surface area contributed by atoms with Crippen LogP contribution >= 0.6 is 0 Å². The topological polar surface area (TPSA) is 29.5 Å². The summed E-state index contributed by atoms with van der Waals surface area (Å²) in [7, 11) is 0. The molecule has 0 aliphatic rings. The molecule has 0 radical (unpaired) electrons. The van der Waals surface area contributed by atoms with Gasteiger partial charge in [0.2, 0.25) is 0 Å². The van der Waals surface area contributed by atoms with Gasteiger partial charge in [0.05, 0.1) is 19.8 Å². The van der Waals surface area contributed by atoms with Crippen LogP contribution in [0.15, 0.2) is 0 Å². The molecule has 0 unspecified atom stereocenters. The number of ether oxygens (including phenoxy) is 1. The van der Waals surface area contributed by atoms with Gasteiger partial charge in [-0.3, -0.25) is 14.1 Å². The normalized spacial score (nSPS) is 10.6. The molecule has 0 aromatic heterocycles. The van der Waals surface area contributed by atoms with Crippen molar-refractivity contribution < 1.29 is 13.9 Å². The Kier molecular flexibility index (Phi) is 8.53. The Bertz CT molecular complexity index is 153. The van der Waals surface area contributed by atoms with Crippen LogP contribution in [-0.2, 0) is 9.53 Å². The van der Waals surface area contributed by atoms with Gasteiger partial charge in [-0.05, 0) is 26.3 Å². The number of hydrogen-bond donors (Lipinski definition) is 0. The number of halogens is 1. The Morgan fingerprint density at radius 2 is 2.07 bits per heavy atom. The van der Waals surface area contributed by atoms with E-state index in [4.69, 9.17) is 4.74 Å². The SMILES string of the molecule is CCCN(CCCF)CC(=O)OCC. The van der Waals surface area contributed by atoms with Crippen molar-refractivity contribution in [2.75, 3.05) is 32.9 Å².